The minimum Gasteiger partial charge on any atom is -0.398 e. The maximum absolute atomic E-state index is 6.05. The third-order valence-electron chi connectivity index (χ3n) is 3.95. The van der Waals surface area contributed by atoms with Crippen molar-refractivity contribution in [3.8, 4) is 11.4 Å². The third kappa shape index (κ3) is 2.80. The molecule has 6 nitrogen and oxygen atoms in total. The molecule has 2 aromatic rings. The van der Waals surface area contributed by atoms with Gasteiger partial charge in [0.05, 0.1) is 12.1 Å². The van der Waals surface area contributed by atoms with E-state index in [1.54, 1.807) is 0 Å². The van der Waals surface area contributed by atoms with Gasteiger partial charge in [0.2, 0.25) is 0 Å². The molecule has 0 bridgehead atoms. The summed E-state index contributed by atoms with van der Waals surface area (Å²) in [6.07, 6.45) is 2.07. The lowest BCUT2D eigenvalue weighted by molar-refractivity contribution is 0.00350. The Kier molecular flexibility index (Phi) is 3.95. The Bertz CT molecular complexity index is 657. The summed E-state index contributed by atoms with van der Waals surface area (Å²) in [6, 6.07) is 4.17. The van der Waals surface area contributed by atoms with E-state index in [-0.39, 0.29) is 12.1 Å². The van der Waals surface area contributed by atoms with E-state index in [9.17, 15) is 0 Å². The minimum atomic E-state index is 0.231. The van der Waals surface area contributed by atoms with Crippen LogP contribution in [0.4, 0.5) is 5.69 Å². The van der Waals surface area contributed by atoms with Crippen LogP contribution in [-0.4, -0.2) is 32.9 Å². The first kappa shape index (κ1) is 14.5. The average Bonchev–Trinajstić information content (AvgIpc) is 2.92. The smallest absolute Gasteiger partial charge is 0.182 e. The Hall–Kier alpha value is -1.47. The van der Waals surface area contributed by atoms with Crippen molar-refractivity contribution < 1.29 is 4.74 Å². The van der Waals surface area contributed by atoms with Crippen molar-refractivity contribution in [2.24, 2.45) is 0 Å². The van der Waals surface area contributed by atoms with Crippen LogP contribution in [0.3, 0.4) is 0 Å². The molecule has 2 heterocycles. The fourth-order valence-electron chi connectivity index (χ4n) is 2.75. The molecule has 1 aromatic carbocycles. The number of anilines is 1. The van der Waals surface area contributed by atoms with Gasteiger partial charge in [-0.1, -0.05) is 15.9 Å². The highest BCUT2D eigenvalue weighted by atomic mass is 79.9. The molecule has 7 heteroatoms. The molecule has 0 saturated carbocycles. The van der Waals surface area contributed by atoms with Gasteiger partial charge in [0.25, 0.3) is 0 Å². The maximum Gasteiger partial charge on any atom is 0.182 e. The van der Waals surface area contributed by atoms with Gasteiger partial charge in [0.1, 0.15) is 0 Å². The van der Waals surface area contributed by atoms with Crippen molar-refractivity contribution in [3.05, 3.63) is 22.2 Å². The normalized spacial score (nSPS) is 22.4. The molecule has 1 aromatic heterocycles. The number of benzene rings is 1. The van der Waals surface area contributed by atoms with Gasteiger partial charge in [-0.15, -0.1) is 5.10 Å². The molecule has 0 aliphatic carbocycles. The molecule has 0 spiro atoms. The summed E-state index contributed by atoms with van der Waals surface area (Å²) < 4.78 is 8.44. The van der Waals surface area contributed by atoms with Crippen LogP contribution in [0, 0.1) is 6.92 Å². The van der Waals surface area contributed by atoms with E-state index in [0.29, 0.717) is 0 Å². The van der Waals surface area contributed by atoms with Crippen LogP contribution >= 0.6 is 15.9 Å². The monoisotopic (exact) mass is 351 g/mol. The Balaban J connectivity index is 2.03. The van der Waals surface area contributed by atoms with Crippen molar-refractivity contribution >= 4 is 21.6 Å². The van der Waals surface area contributed by atoms with Crippen molar-refractivity contribution in [2.75, 3.05) is 12.3 Å². The molecule has 112 valence electrons. The zero-order chi connectivity index (χ0) is 15.0. The maximum atomic E-state index is 6.05. The molecule has 0 amide bonds. The summed E-state index contributed by atoms with van der Waals surface area (Å²) in [7, 11) is 0. The molecule has 3 rings (SSSR count). The first-order valence-corrected chi connectivity index (χ1v) is 7.81. The number of hydrogen-bond acceptors (Lipinski definition) is 5. The highest BCUT2D eigenvalue weighted by Gasteiger charge is 2.25. The molecule has 2 atom stereocenters. The molecule has 1 aliphatic rings. The second kappa shape index (κ2) is 5.73. The lowest BCUT2D eigenvalue weighted by Crippen LogP contribution is -2.26. The van der Waals surface area contributed by atoms with Crippen LogP contribution < -0.4 is 5.73 Å². The molecule has 2 unspecified atom stereocenters. The summed E-state index contributed by atoms with van der Waals surface area (Å²) in [5.41, 5.74) is 8.74. The predicted octanol–water partition coefficient (Wildman–Crippen LogP) is 2.73. The summed E-state index contributed by atoms with van der Waals surface area (Å²) in [5.74, 6) is 0.764. The highest BCUT2D eigenvalue weighted by molar-refractivity contribution is 9.10. The highest BCUT2D eigenvalue weighted by Crippen LogP contribution is 2.33. The fourth-order valence-corrected chi connectivity index (χ4v) is 3.22. The molecule has 2 N–H and O–H groups in total. The van der Waals surface area contributed by atoms with E-state index < -0.39 is 0 Å². The van der Waals surface area contributed by atoms with Crippen molar-refractivity contribution in [1.82, 2.24) is 20.2 Å². The Morgan fingerprint density at radius 3 is 3.00 bits per heavy atom. The van der Waals surface area contributed by atoms with Gasteiger partial charge in [0, 0.05) is 22.3 Å². The molecule has 0 radical (unpaired) electrons. The number of halogens is 1. The van der Waals surface area contributed by atoms with E-state index >= 15 is 0 Å². The van der Waals surface area contributed by atoms with Crippen LogP contribution in [0.5, 0.6) is 0 Å². The second-order valence-electron chi connectivity index (χ2n) is 5.47. The molecule has 1 aliphatic heterocycles. The number of ether oxygens (including phenoxy) is 1. The SMILES string of the molecule is Cc1c(N)cc(Br)cc1-c1nnnn1C1CCOC(C)C1. The summed E-state index contributed by atoms with van der Waals surface area (Å²) in [5, 5.41) is 12.3. The van der Waals surface area contributed by atoms with E-state index in [0.717, 1.165) is 46.6 Å². The summed E-state index contributed by atoms with van der Waals surface area (Å²) in [6.45, 7) is 4.81. The molecule has 1 fully saturated rings. The van der Waals surface area contributed by atoms with Gasteiger partial charge < -0.3 is 10.5 Å². The number of nitrogen functional groups attached to an aromatic ring is 1. The van der Waals surface area contributed by atoms with Crippen LogP contribution in [0.1, 0.15) is 31.4 Å². The quantitative estimate of drug-likeness (QED) is 0.841. The molecular formula is C14H18BrN5O. The van der Waals surface area contributed by atoms with Crippen molar-refractivity contribution in [1.29, 1.82) is 0 Å². The van der Waals surface area contributed by atoms with Crippen LogP contribution in [-0.2, 0) is 4.74 Å². The zero-order valence-electron chi connectivity index (χ0n) is 12.1. The Morgan fingerprint density at radius 1 is 1.43 bits per heavy atom. The number of rotatable bonds is 2. The lowest BCUT2D eigenvalue weighted by atomic mass is 10.0. The van der Waals surface area contributed by atoms with Gasteiger partial charge in [0.15, 0.2) is 5.82 Å². The van der Waals surface area contributed by atoms with Crippen molar-refractivity contribution in [2.45, 2.75) is 38.8 Å². The standard InChI is InChI=1S/C14H18BrN5O/c1-8-5-11(3-4-21-8)20-14(17-18-19-20)12-6-10(15)7-13(16)9(12)2/h6-8,11H,3-5,16H2,1-2H3. The first-order valence-electron chi connectivity index (χ1n) is 7.01. The van der Waals surface area contributed by atoms with Crippen molar-refractivity contribution in [3.63, 3.8) is 0 Å². The Morgan fingerprint density at radius 2 is 2.24 bits per heavy atom. The number of nitrogens with zero attached hydrogens (tertiary/aromatic N) is 4. The molecule has 21 heavy (non-hydrogen) atoms. The third-order valence-corrected chi connectivity index (χ3v) is 4.41. The van der Waals surface area contributed by atoms with Crippen LogP contribution in [0.25, 0.3) is 11.4 Å². The molecule has 1 saturated heterocycles. The average molecular weight is 352 g/mol. The predicted molar refractivity (Wildman–Crippen MR) is 83.8 cm³/mol. The van der Waals surface area contributed by atoms with Gasteiger partial charge >= 0.3 is 0 Å². The largest absolute Gasteiger partial charge is 0.398 e. The van der Waals surface area contributed by atoms with E-state index in [2.05, 4.69) is 38.4 Å². The minimum absolute atomic E-state index is 0.231. The Labute approximate surface area is 131 Å². The van der Waals surface area contributed by atoms with Gasteiger partial charge in [-0.05, 0) is 54.8 Å². The number of nitrogens with two attached hydrogens (primary N) is 1. The zero-order valence-corrected chi connectivity index (χ0v) is 13.7. The number of aromatic nitrogens is 4. The van der Waals surface area contributed by atoms with E-state index in [4.69, 9.17) is 10.5 Å². The topological polar surface area (TPSA) is 78.9 Å². The van der Waals surface area contributed by atoms with E-state index in [1.165, 1.54) is 0 Å². The van der Waals surface area contributed by atoms with E-state index in [1.807, 2.05) is 23.7 Å². The summed E-state index contributed by atoms with van der Waals surface area (Å²) >= 11 is 3.48. The van der Waals surface area contributed by atoms with Gasteiger partial charge in [-0.25, -0.2) is 4.68 Å². The van der Waals surface area contributed by atoms with Crippen LogP contribution in [0.2, 0.25) is 0 Å². The fraction of sp³-hybridized carbons (Fsp3) is 0.500. The number of hydrogen-bond donors (Lipinski definition) is 1. The second-order valence-corrected chi connectivity index (χ2v) is 6.39. The van der Waals surface area contributed by atoms with Crippen LogP contribution in [0.15, 0.2) is 16.6 Å². The van der Waals surface area contributed by atoms with Gasteiger partial charge in [-0.3, -0.25) is 0 Å². The molecular weight excluding hydrogens is 334 g/mol. The lowest BCUT2D eigenvalue weighted by Gasteiger charge is -2.27. The summed E-state index contributed by atoms with van der Waals surface area (Å²) in [4.78, 5) is 0. The number of tetrazole rings is 1. The first-order chi connectivity index (χ1) is 10.1. The van der Waals surface area contributed by atoms with Gasteiger partial charge in [-0.2, -0.15) is 0 Å².